The van der Waals surface area contributed by atoms with Gasteiger partial charge < -0.3 is 14.5 Å². The van der Waals surface area contributed by atoms with Crippen molar-refractivity contribution in [3.8, 4) is 0 Å². The summed E-state index contributed by atoms with van der Waals surface area (Å²) in [7, 11) is 0. The number of fused-ring (bicyclic) bond motifs is 1. The van der Waals surface area contributed by atoms with Crippen molar-refractivity contribution in [2.75, 3.05) is 32.8 Å². The van der Waals surface area contributed by atoms with Gasteiger partial charge in [0.2, 0.25) is 5.91 Å². The van der Waals surface area contributed by atoms with Crippen molar-refractivity contribution >= 4 is 23.2 Å². The summed E-state index contributed by atoms with van der Waals surface area (Å²) in [5.41, 5.74) is 4.19. The number of carbonyl (C=O) groups excluding carboxylic acids is 2. The van der Waals surface area contributed by atoms with E-state index in [9.17, 15) is 9.59 Å². The molecule has 1 atom stereocenters. The summed E-state index contributed by atoms with van der Waals surface area (Å²) in [6.07, 6.45) is 6.13. The third-order valence-corrected chi connectivity index (χ3v) is 8.20. The summed E-state index contributed by atoms with van der Waals surface area (Å²) in [4.78, 5) is 32.5. The van der Waals surface area contributed by atoms with Crippen LogP contribution in [-0.2, 0) is 22.4 Å². The molecule has 1 aromatic heterocycles. The third-order valence-electron chi connectivity index (χ3n) is 7.21. The summed E-state index contributed by atoms with van der Waals surface area (Å²) >= 11 is 1.76. The molecule has 2 heterocycles. The van der Waals surface area contributed by atoms with Gasteiger partial charge >= 0.3 is 0 Å². The predicted octanol–water partition coefficient (Wildman–Crippen LogP) is 6.52. The van der Waals surface area contributed by atoms with Crippen LogP contribution in [0.4, 0.5) is 0 Å². The number of hydrogen-bond donors (Lipinski definition) is 0. The number of nitrogens with zero attached hydrogens (tertiary/aromatic N) is 2. The zero-order valence-electron chi connectivity index (χ0n) is 22.7. The van der Waals surface area contributed by atoms with Crippen LogP contribution in [0.1, 0.15) is 77.5 Å². The van der Waals surface area contributed by atoms with E-state index >= 15 is 0 Å². The van der Waals surface area contributed by atoms with E-state index in [1.54, 1.807) is 16.2 Å². The smallest absolute Gasteiger partial charge is 0.254 e. The van der Waals surface area contributed by atoms with Gasteiger partial charge in [0, 0.05) is 36.7 Å². The van der Waals surface area contributed by atoms with Crippen molar-refractivity contribution in [2.24, 2.45) is 0 Å². The Morgan fingerprint density at radius 2 is 1.79 bits per heavy atom. The molecule has 0 N–H and O–H groups in total. The molecule has 5 nitrogen and oxygen atoms in total. The highest BCUT2D eigenvalue weighted by Gasteiger charge is 2.34. The number of amides is 2. The van der Waals surface area contributed by atoms with Crippen molar-refractivity contribution in [3.05, 3.63) is 93.2 Å². The molecule has 4 rings (SSSR count). The van der Waals surface area contributed by atoms with Crippen LogP contribution < -0.4 is 0 Å². The number of unbranched alkanes of at least 4 members (excludes halogenated alkanes) is 2. The SMILES string of the molecule is CCCCCc1ccc(C(=O)N(CCCOCC)CC(=O)N2CCc3sccc3C2c2ccccc2)cc1. The number of thiophene rings is 1. The van der Waals surface area contributed by atoms with E-state index in [1.165, 1.54) is 28.8 Å². The topological polar surface area (TPSA) is 49.9 Å². The molecule has 0 aliphatic carbocycles. The second kappa shape index (κ2) is 14.3. The van der Waals surface area contributed by atoms with Crippen molar-refractivity contribution in [2.45, 2.75) is 58.4 Å². The standard InChI is InChI=1S/C32H40N2O3S/c1-3-5-7-11-25-14-16-27(17-15-25)32(36)33(20-10-22-37-4-2)24-30(35)34-21-18-29-28(19-23-38-29)31(34)26-12-8-6-9-13-26/h6,8-9,12-17,19,23,31H,3-5,7,10-11,18,20-22,24H2,1-2H3. The van der Waals surface area contributed by atoms with E-state index in [0.717, 1.165) is 24.8 Å². The lowest BCUT2D eigenvalue weighted by Crippen LogP contribution is -2.47. The molecule has 0 saturated heterocycles. The molecule has 202 valence electrons. The maximum Gasteiger partial charge on any atom is 0.254 e. The highest BCUT2D eigenvalue weighted by molar-refractivity contribution is 7.10. The van der Waals surface area contributed by atoms with Crippen LogP contribution in [0.25, 0.3) is 0 Å². The number of aryl methyl sites for hydroxylation is 1. The minimum absolute atomic E-state index is 0.0170. The Bertz CT molecular complexity index is 1160. The van der Waals surface area contributed by atoms with Crippen LogP contribution in [0.15, 0.2) is 66.0 Å². The highest BCUT2D eigenvalue weighted by Crippen LogP contribution is 2.37. The van der Waals surface area contributed by atoms with Gasteiger partial charge in [-0.15, -0.1) is 11.3 Å². The normalized spacial score (nSPS) is 14.8. The van der Waals surface area contributed by atoms with Crippen molar-refractivity contribution in [1.82, 2.24) is 9.80 Å². The number of ether oxygens (including phenoxy) is 1. The molecule has 6 heteroatoms. The summed E-state index contributed by atoms with van der Waals surface area (Å²) < 4.78 is 5.53. The minimum atomic E-state index is -0.124. The lowest BCUT2D eigenvalue weighted by Gasteiger charge is -2.37. The molecule has 3 aromatic rings. The van der Waals surface area contributed by atoms with Crippen LogP contribution >= 0.6 is 11.3 Å². The van der Waals surface area contributed by atoms with Gasteiger partial charge in [0.1, 0.15) is 6.54 Å². The Labute approximate surface area is 231 Å². The molecule has 1 unspecified atom stereocenters. The number of hydrogen-bond acceptors (Lipinski definition) is 4. The Balaban J connectivity index is 1.51. The average molecular weight is 533 g/mol. The second-order valence-electron chi connectivity index (χ2n) is 9.88. The van der Waals surface area contributed by atoms with Crippen molar-refractivity contribution in [3.63, 3.8) is 0 Å². The first kappa shape index (κ1) is 28.1. The van der Waals surface area contributed by atoms with Gasteiger partial charge in [0.25, 0.3) is 5.91 Å². The largest absolute Gasteiger partial charge is 0.382 e. The monoisotopic (exact) mass is 532 g/mol. The third kappa shape index (κ3) is 7.12. The first-order valence-corrected chi connectivity index (χ1v) is 14.9. The van der Waals surface area contributed by atoms with Crippen LogP contribution in [0, 0.1) is 0 Å². The van der Waals surface area contributed by atoms with Gasteiger partial charge in [0.05, 0.1) is 6.04 Å². The molecule has 0 bridgehead atoms. The number of benzene rings is 2. The van der Waals surface area contributed by atoms with Gasteiger partial charge in [-0.3, -0.25) is 9.59 Å². The quantitative estimate of drug-likeness (QED) is 0.235. The Morgan fingerprint density at radius 3 is 2.53 bits per heavy atom. The zero-order chi connectivity index (χ0) is 26.7. The van der Waals surface area contributed by atoms with Gasteiger partial charge in [-0.05, 0) is 72.9 Å². The van der Waals surface area contributed by atoms with Gasteiger partial charge in [0.15, 0.2) is 0 Å². The van der Waals surface area contributed by atoms with Crippen LogP contribution in [-0.4, -0.2) is 54.5 Å². The van der Waals surface area contributed by atoms with Crippen LogP contribution in [0.2, 0.25) is 0 Å². The molecule has 2 amide bonds. The van der Waals surface area contributed by atoms with E-state index in [1.807, 2.05) is 42.2 Å². The second-order valence-corrected chi connectivity index (χ2v) is 10.9. The molecule has 0 radical (unpaired) electrons. The predicted molar refractivity (Wildman–Crippen MR) is 155 cm³/mol. The maximum atomic E-state index is 13.9. The number of carbonyl (C=O) groups is 2. The Hall–Kier alpha value is -2.96. The fraction of sp³-hybridized carbons (Fsp3) is 0.438. The van der Waals surface area contributed by atoms with Crippen molar-refractivity contribution in [1.29, 1.82) is 0 Å². The minimum Gasteiger partial charge on any atom is -0.382 e. The van der Waals surface area contributed by atoms with E-state index in [0.29, 0.717) is 38.3 Å². The molecule has 0 fully saturated rings. The molecule has 0 saturated carbocycles. The van der Waals surface area contributed by atoms with Crippen LogP contribution in [0.3, 0.4) is 0 Å². The molecular formula is C32H40N2O3S. The lowest BCUT2D eigenvalue weighted by molar-refractivity contribution is -0.134. The maximum absolute atomic E-state index is 13.9. The fourth-order valence-corrected chi connectivity index (χ4v) is 6.07. The Kier molecular flexibility index (Phi) is 10.5. The molecule has 0 spiro atoms. The van der Waals surface area contributed by atoms with E-state index in [4.69, 9.17) is 4.74 Å². The summed E-state index contributed by atoms with van der Waals surface area (Å²) in [6.45, 7) is 6.57. The lowest BCUT2D eigenvalue weighted by atomic mass is 9.93. The first-order valence-electron chi connectivity index (χ1n) is 14.0. The summed E-state index contributed by atoms with van der Waals surface area (Å²) in [6, 6.07) is 20.2. The van der Waals surface area contributed by atoms with Gasteiger partial charge in [-0.1, -0.05) is 62.2 Å². The van der Waals surface area contributed by atoms with Gasteiger partial charge in [-0.25, -0.2) is 0 Å². The zero-order valence-corrected chi connectivity index (χ0v) is 23.6. The summed E-state index contributed by atoms with van der Waals surface area (Å²) in [5.74, 6) is -0.115. The summed E-state index contributed by atoms with van der Waals surface area (Å²) in [5, 5.41) is 2.12. The molecule has 1 aliphatic heterocycles. The molecule has 1 aliphatic rings. The van der Waals surface area contributed by atoms with Gasteiger partial charge in [-0.2, -0.15) is 0 Å². The fourth-order valence-electron chi connectivity index (χ4n) is 5.16. The first-order chi connectivity index (χ1) is 18.6. The van der Waals surface area contributed by atoms with E-state index in [2.05, 4.69) is 42.6 Å². The number of rotatable bonds is 13. The van der Waals surface area contributed by atoms with E-state index in [-0.39, 0.29) is 24.4 Å². The molecule has 38 heavy (non-hydrogen) atoms. The van der Waals surface area contributed by atoms with E-state index < -0.39 is 0 Å². The Morgan fingerprint density at radius 1 is 1.00 bits per heavy atom. The average Bonchev–Trinajstić information content (AvgIpc) is 3.44. The highest BCUT2D eigenvalue weighted by atomic mass is 32.1. The molecular weight excluding hydrogens is 492 g/mol. The van der Waals surface area contributed by atoms with Crippen molar-refractivity contribution < 1.29 is 14.3 Å². The van der Waals surface area contributed by atoms with Crippen LogP contribution in [0.5, 0.6) is 0 Å². The molecule has 2 aromatic carbocycles.